The highest BCUT2D eigenvalue weighted by molar-refractivity contribution is 5.29. The van der Waals surface area contributed by atoms with E-state index in [-0.39, 0.29) is 5.92 Å². The second kappa shape index (κ2) is 4.81. The molecule has 1 rings (SSSR count). The van der Waals surface area contributed by atoms with E-state index in [9.17, 15) is 0 Å². The van der Waals surface area contributed by atoms with Crippen molar-refractivity contribution in [2.45, 2.75) is 33.1 Å². The summed E-state index contributed by atoms with van der Waals surface area (Å²) in [5.41, 5.74) is 2.38. The van der Waals surface area contributed by atoms with Crippen LogP contribution in [0.15, 0.2) is 24.3 Å². The number of nitriles is 1. The molecule has 0 aliphatic rings. The first-order valence-corrected chi connectivity index (χ1v) is 5.15. The fourth-order valence-electron chi connectivity index (χ4n) is 1.63. The average Bonchev–Trinajstić information content (AvgIpc) is 2.19. The van der Waals surface area contributed by atoms with Crippen molar-refractivity contribution in [3.05, 3.63) is 35.4 Å². The van der Waals surface area contributed by atoms with Crippen LogP contribution in [0.25, 0.3) is 0 Å². The Bertz CT molecular complexity index is 335. The molecule has 1 heteroatoms. The van der Waals surface area contributed by atoms with Gasteiger partial charge in [-0.2, -0.15) is 5.26 Å². The fraction of sp³-hybridized carbons (Fsp3) is 0.462. The summed E-state index contributed by atoms with van der Waals surface area (Å²) in [4.78, 5) is 0. The van der Waals surface area contributed by atoms with E-state index in [4.69, 9.17) is 5.26 Å². The summed E-state index contributed by atoms with van der Waals surface area (Å²) in [7, 11) is 0. The van der Waals surface area contributed by atoms with Gasteiger partial charge < -0.3 is 0 Å². The van der Waals surface area contributed by atoms with Gasteiger partial charge in [0.1, 0.15) is 0 Å². The minimum Gasteiger partial charge on any atom is -0.198 e. The summed E-state index contributed by atoms with van der Waals surface area (Å²) in [6.07, 6.45) is 1.05. The van der Waals surface area contributed by atoms with Gasteiger partial charge >= 0.3 is 0 Å². The first-order valence-electron chi connectivity index (χ1n) is 5.15. The molecule has 2 unspecified atom stereocenters. The maximum absolute atomic E-state index is 9.12. The van der Waals surface area contributed by atoms with E-state index in [2.05, 4.69) is 39.0 Å². The molecule has 0 bridgehead atoms. The van der Waals surface area contributed by atoms with Crippen LogP contribution in [0.1, 0.15) is 37.3 Å². The quantitative estimate of drug-likeness (QED) is 0.708. The van der Waals surface area contributed by atoms with Crippen LogP contribution in [-0.4, -0.2) is 0 Å². The minimum absolute atomic E-state index is 0.0416. The van der Waals surface area contributed by atoms with Gasteiger partial charge in [0.2, 0.25) is 0 Å². The van der Waals surface area contributed by atoms with E-state index in [1.165, 1.54) is 5.56 Å². The molecule has 0 heterocycles. The zero-order valence-electron chi connectivity index (χ0n) is 9.12. The topological polar surface area (TPSA) is 23.8 Å². The Morgan fingerprint density at radius 1 is 1.43 bits per heavy atom. The lowest BCUT2D eigenvalue weighted by atomic mass is 9.86. The summed E-state index contributed by atoms with van der Waals surface area (Å²) in [6.45, 7) is 6.33. The lowest BCUT2D eigenvalue weighted by Gasteiger charge is -2.16. The Kier molecular flexibility index (Phi) is 3.71. The number of aryl methyl sites for hydroxylation is 1. The molecular weight excluding hydrogens is 170 g/mol. The predicted octanol–water partition coefficient (Wildman–Crippen LogP) is 3.65. The summed E-state index contributed by atoms with van der Waals surface area (Å²) in [5.74, 6) is 0.474. The van der Waals surface area contributed by atoms with Gasteiger partial charge in [-0.1, -0.05) is 50.1 Å². The van der Waals surface area contributed by atoms with Crippen molar-refractivity contribution in [2.24, 2.45) is 5.92 Å². The fourth-order valence-corrected chi connectivity index (χ4v) is 1.63. The van der Waals surface area contributed by atoms with Gasteiger partial charge in [-0.05, 0) is 18.4 Å². The summed E-state index contributed by atoms with van der Waals surface area (Å²) in [5, 5.41) is 9.12. The molecule has 0 spiro atoms. The summed E-state index contributed by atoms with van der Waals surface area (Å²) >= 11 is 0. The van der Waals surface area contributed by atoms with Gasteiger partial charge in [0, 0.05) is 0 Å². The van der Waals surface area contributed by atoms with Crippen LogP contribution in [-0.2, 0) is 0 Å². The molecule has 2 atom stereocenters. The van der Waals surface area contributed by atoms with Crippen molar-refractivity contribution >= 4 is 0 Å². The number of nitrogens with zero attached hydrogens (tertiary/aromatic N) is 1. The first-order chi connectivity index (χ1) is 6.69. The molecule has 0 aliphatic carbocycles. The molecule has 0 saturated carbocycles. The van der Waals surface area contributed by atoms with Crippen LogP contribution in [0.3, 0.4) is 0 Å². The van der Waals surface area contributed by atoms with Crippen molar-refractivity contribution < 1.29 is 0 Å². The lowest BCUT2D eigenvalue weighted by molar-refractivity contribution is 0.514. The molecular formula is C13H17N. The number of benzene rings is 1. The molecule has 0 aromatic heterocycles. The van der Waals surface area contributed by atoms with Crippen molar-refractivity contribution in [1.82, 2.24) is 0 Å². The van der Waals surface area contributed by atoms with Gasteiger partial charge in [-0.25, -0.2) is 0 Å². The number of hydrogen-bond acceptors (Lipinski definition) is 1. The second-order valence-corrected chi connectivity index (χ2v) is 3.91. The summed E-state index contributed by atoms with van der Waals surface area (Å²) in [6, 6.07) is 10.6. The third-order valence-electron chi connectivity index (χ3n) is 2.75. The molecule has 0 radical (unpaired) electrons. The minimum atomic E-state index is 0.0416. The van der Waals surface area contributed by atoms with Gasteiger partial charge in [0.05, 0.1) is 12.0 Å². The van der Waals surface area contributed by atoms with Gasteiger partial charge in [0.25, 0.3) is 0 Å². The van der Waals surface area contributed by atoms with Crippen molar-refractivity contribution in [3.8, 4) is 6.07 Å². The van der Waals surface area contributed by atoms with Gasteiger partial charge in [0.15, 0.2) is 0 Å². The van der Waals surface area contributed by atoms with E-state index in [0.29, 0.717) is 5.92 Å². The highest BCUT2D eigenvalue weighted by atomic mass is 14.3. The van der Waals surface area contributed by atoms with E-state index in [1.54, 1.807) is 0 Å². The van der Waals surface area contributed by atoms with E-state index >= 15 is 0 Å². The van der Waals surface area contributed by atoms with Crippen LogP contribution in [0.5, 0.6) is 0 Å². The van der Waals surface area contributed by atoms with Crippen LogP contribution in [0, 0.1) is 24.2 Å². The molecule has 74 valence electrons. The maximum Gasteiger partial charge on any atom is 0.0738 e. The molecule has 0 fully saturated rings. The SMILES string of the molecule is CCC(C)C(C#N)c1cccc(C)c1. The molecule has 1 aromatic rings. The molecule has 0 aliphatic heterocycles. The highest BCUT2D eigenvalue weighted by Crippen LogP contribution is 2.26. The Balaban J connectivity index is 2.96. The molecule has 1 nitrogen and oxygen atoms in total. The van der Waals surface area contributed by atoms with Gasteiger partial charge in [-0.15, -0.1) is 0 Å². The Labute approximate surface area is 86.4 Å². The third-order valence-corrected chi connectivity index (χ3v) is 2.75. The number of hydrogen-bond donors (Lipinski definition) is 0. The smallest absolute Gasteiger partial charge is 0.0738 e. The largest absolute Gasteiger partial charge is 0.198 e. The standard InChI is InChI=1S/C13H17N/c1-4-11(3)13(9-14)12-7-5-6-10(2)8-12/h5-8,11,13H,4H2,1-3H3. The first kappa shape index (κ1) is 10.8. The maximum atomic E-state index is 9.12. The van der Waals surface area contributed by atoms with E-state index in [0.717, 1.165) is 12.0 Å². The highest BCUT2D eigenvalue weighted by Gasteiger charge is 2.16. The molecule has 0 amide bonds. The Morgan fingerprint density at radius 2 is 2.14 bits per heavy atom. The third kappa shape index (κ3) is 2.35. The molecule has 14 heavy (non-hydrogen) atoms. The summed E-state index contributed by atoms with van der Waals surface area (Å²) < 4.78 is 0. The van der Waals surface area contributed by atoms with Crippen LogP contribution in [0.4, 0.5) is 0 Å². The van der Waals surface area contributed by atoms with Crippen LogP contribution >= 0.6 is 0 Å². The average molecular weight is 187 g/mol. The second-order valence-electron chi connectivity index (χ2n) is 3.91. The zero-order chi connectivity index (χ0) is 10.6. The monoisotopic (exact) mass is 187 g/mol. The normalized spacial score (nSPS) is 14.4. The Morgan fingerprint density at radius 3 is 2.64 bits per heavy atom. The Hall–Kier alpha value is -1.29. The van der Waals surface area contributed by atoms with Crippen molar-refractivity contribution in [1.29, 1.82) is 5.26 Å². The number of rotatable bonds is 3. The molecule has 0 N–H and O–H groups in total. The molecule has 1 aromatic carbocycles. The van der Waals surface area contributed by atoms with Crippen molar-refractivity contribution in [2.75, 3.05) is 0 Å². The van der Waals surface area contributed by atoms with E-state index in [1.807, 2.05) is 12.1 Å². The van der Waals surface area contributed by atoms with E-state index < -0.39 is 0 Å². The zero-order valence-corrected chi connectivity index (χ0v) is 9.12. The lowest BCUT2D eigenvalue weighted by Crippen LogP contribution is -2.06. The predicted molar refractivity (Wildman–Crippen MR) is 59.0 cm³/mol. The van der Waals surface area contributed by atoms with Crippen LogP contribution in [0.2, 0.25) is 0 Å². The van der Waals surface area contributed by atoms with Crippen molar-refractivity contribution in [3.63, 3.8) is 0 Å². The molecule has 0 saturated heterocycles. The van der Waals surface area contributed by atoms with Crippen LogP contribution < -0.4 is 0 Å². The van der Waals surface area contributed by atoms with Gasteiger partial charge in [-0.3, -0.25) is 0 Å².